The molecule has 4 nitrogen and oxygen atoms in total. The van der Waals surface area contributed by atoms with Crippen LogP contribution >= 0.6 is 11.6 Å². The fourth-order valence-electron chi connectivity index (χ4n) is 2.43. The molecule has 1 aliphatic carbocycles. The molecule has 3 N–H and O–H groups in total. The van der Waals surface area contributed by atoms with Crippen molar-refractivity contribution in [3.8, 4) is 0 Å². The van der Waals surface area contributed by atoms with Gasteiger partial charge in [0.1, 0.15) is 10.7 Å². The molecule has 0 radical (unpaired) electrons. The monoisotopic (exact) mass is 306 g/mol. The summed E-state index contributed by atoms with van der Waals surface area (Å²) in [4.78, 5) is -0.375. The predicted molar refractivity (Wildman–Crippen MR) is 71.9 cm³/mol. The van der Waals surface area contributed by atoms with E-state index in [1.807, 2.05) is 0 Å². The third kappa shape index (κ3) is 3.25. The summed E-state index contributed by atoms with van der Waals surface area (Å²) in [5.74, 6) is -0.729. The third-order valence-corrected chi connectivity index (χ3v) is 5.21. The van der Waals surface area contributed by atoms with E-state index in [2.05, 4.69) is 4.72 Å². The van der Waals surface area contributed by atoms with Gasteiger partial charge in [0, 0.05) is 11.1 Å². The molecule has 2 atom stereocenters. The first kappa shape index (κ1) is 14.7. The number of hydrogen-bond donors (Lipinski definition) is 2. The summed E-state index contributed by atoms with van der Waals surface area (Å²) >= 11 is 5.61. The quantitative estimate of drug-likeness (QED) is 0.892. The van der Waals surface area contributed by atoms with E-state index in [1.165, 1.54) is 12.1 Å². The van der Waals surface area contributed by atoms with Gasteiger partial charge in [-0.25, -0.2) is 17.5 Å². The Morgan fingerprint density at radius 3 is 2.79 bits per heavy atom. The average Bonchev–Trinajstić information content (AvgIpc) is 2.74. The van der Waals surface area contributed by atoms with Crippen LogP contribution in [0.3, 0.4) is 0 Å². The summed E-state index contributed by atoms with van der Waals surface area (Å²) in [6, 6.07) is 3.30. The molecule has 1 aliphatic rings. The highest BCUT2D eigenvalue weighted by Crippen LogP contribution is 2.27. The topological polar surface area (TPSA) is 72.2 Å². The van der Waals surface area contributed by atoms with Crippen LogP contribution in [0.5, 0.6) is 0 Å². The van der Waals surface area contributed by atoms with Gasteiger partial charge in [-0.3, -0.25) is 0 Å². The van der Waals surface area contributed by atoms with Gasteiger partial charge in [-0.1, -0.05) is 18.0 Å². The molecule has 0 aliphatic heterocycles. The van der Waals surface area contributed by atoms with Gasteiger partial charge in [0.05, 0.1) is 0 Å². The number of nitrogens with two attached hydrogens (primary N) is 1. The van der Waals surface area contributed by atoms with Crippen molar-refractivity contribution in [1.29, 1.82) is 0 Å². The molecule has 7 heteroatoms. The number of halogens is 2. The van der Waals surface area contributed by atoms with Gasteiger partial charge >= 0.3 is 0 Å². The van der Waals surface area contributed by atoms with Crippen LogP contribution in [-0.4, -0.2) is 21.0 Å². The molecule has 0 heterocycles. The summed E-state index contributed by atoms with van der Waals surface area (Å²) in [7, 11) is -3.87. The van der Waals surface area contributed by atoms with Crippen molar-refractivity contribution in [3.05, 3.63) is 29.0 Å². The van der Waals surface area contributed by atoms with Crippen LogP contribution < -0.4 is 10.5 Å². The molecule has 19 heavy (non-hydrogen) atoms. The van der Waals surface area contributed by atoms with Crippen LogP contribution in [0.4, 0.5) is 4.39 Å². The van der Waals surface area contributed by atoms with E-state index in [4.69, 9.17) is 17.3 Å². The Morgan fingerprint density at radius 2 is 2.16 bits per heavy atom. The summed E-state index contributed by atoms with van der Waals surface area (Å²) < 4.78 is 40.5. The Balaban J connectivity index is 2.23. The minimum Gasteiger partial charge on any atom is -0.330 e. The smallest absolute Gasteiger partial charge is 0.243 e. The second-order valence-electron chi connectivity index (χ2n) is 4.73. The van der Waals surface area contributed by atoms with E-state index in [1.54, 1.807) is 0 Å². The molecule has 1 aromatic rings. The molecule has 0 spiro atoms. The molecular weight excluding hydrogens is 291 g/mol. The van der Waals surface area contributed by atoms with Gasteiger partial charge in [0.15, 0.2) is 0 Å². The fourth-order valence-corrected chi connectivity index (χ4v) is 3.99. The van der Waals surface area contributed by atoms with Gasteiger partial charge in [-0.15, -0.1) is 0 Å². The maximum Gasteiger partial charge on any atom is 0.243 e. The maximum atomic E-state index is 13.7. The van der Waals surface area contributed by atoms with Crippen molar-refractivity contribution in [2.45, 2.75) is 30.2 Å². The zero-order valence-electron chi connectivity index (χ0n) is 10.3. The lowest BCUT2D eigenvalue weighted by Crippen LogP contribution is -2.40. The normalized spacial score (nSPS) is 23.7. The number of sulfonamides is 1. The Kier molecular flexibility index (Phi) is 4.45. The van der Waals surface area contributed by atoms with E-state index in [0.29, 0.717) is 6.54 Å². The van der Waals surface area contributed by atoms with Gasteiger partial charge in [-0.05, 0) is 43.5 Å². The Morgan fingerprint density at radius 1 is 1.42 bits per heavy atom. The standard InChI is InChI=1S/C12H16ClFN2O2S/c13-9-4-5-12(10(14)6-9)19(17,18)16-11-3-1-2-8(11)7-15/h4-6,8,11,16H,1-3,7,15H2. The molecule has 1 saturated carbocycles. The Hall–Kier alpha value is -0.690. The molecule has 0 saturated heterocycles. The molecule has 0 amide bonds. The van der Waals surface area contributed by atoms with Crippen LogP contribution in [0, 0.1) is 11.7 Å². The molecule has 1 fully saturated rings. The molecule has 0 aromatic heterocycles. The first-order valence-corrected chi connectivity index (χ1v) is 7.97. The molecule has 0 bridgehead atoms. The van der Waals surface area contributed by atoms with Crippen LogP contribution in [0.15, 0.2) is 23.1 Å². The van der Waals surface area contributed by atoms with Crippen LogP contribution in [0.1, 0.15) is 19.3 Å². The lowest BCUT2D eigenvalue weighted by molar-refractivity contribution is 0.451. The largest absolute Gasteiger partial charge is 0.330 e. The summed E-state index contributed by atoms with van der Waals surface area (Å²) in [5.41, 5.74) is 5.61. The van der Waals surface area contributed by atoms with Gasteiger partial charge < -0.3 is 5.73 Å². The third-order valence-electron chi connectivity index (χ3n) is 3.45. The van der Waals surface area contributed by atoms with Crippen LogP contribution in [0.2, 0.25) is 5.02 Å². The van der Waals surface area contributed by atoms with E-state index >= 15 is 0 Å². The highest BCUT2D eigenvalue weighted by Gasteiger charge is 2.31. The van der Waals surface area contributed by atoms with Crippen molar-refractivity contribution in [3.63, 3.8) is 0 Å². The average molecular weight is 307 g/mol. The fraction of sp³-hybridized carbons (Fsp3) is 0.500. The molecule has 106 valence electrons. The SMILES string of the molecule is NCC1CCCC1NS(=O)(=O)c1ccc(Cl)cc1F. The highest BCUT2D eigenvalue weighted by molar-refractivity contribution is 7.89. The number of rotatable bonds is 4. The summed E-state index contributed by atoms with van der Waals surface area (Å²) in [6.45, 7) is 0.427. The number of hydrogen-bond acceptors (Lipinski definition) is 3. The summed E-state index contributed by atoms with van der Waals surface area (Å²) in [5, 5.41) is 0.164. The van der Waals surface area contributed by atoms with Crippen molar-refractivity contribution < 1.29 is 12.8 Å². The van der Waals surface area contributed by atoms with Gasteiger partial charge in [0.25, 0.3) is 0 Å². The minimum absolute atomic E-state index is 0.116. The molecular formula is C12H16ClFN2O2S. The van der Waals surface area contributed by atoms with Gasteiger partial charge in [-0.2, -0.15) is 0 Å². The second kappa shape index (κ2) is 5.75. The van der Waals surface area contributed by atoms with E-state index in [9.17, 15) is 12.8 Å². The van der Waals surface area contributed by atoms with E-state index in [-0.39, 0.29) is 21.9 Å². The number of benzene rings is 1. The van der Waals surface area contributed by atoms with Crippen molar-refractivity contribution >= 4 is 21.6 Å². The van der Waals surface area contributed by atoms with Crippen molar-refractivity contribution in [2.75, 3.05) is 6.54 Å². The highest BCUT2D eigenvalue weighted by atomic mass is 35.5. The van der Waals surface area contributed by atoms with E-state index in [0.717, 1.165) is 25.3 Å². The van der Waals surface area contributed by atoms with Crippen LogP contribution in [-0.2, 0) is 10.0 Å². The van der Waals surface area contributed by atoms with Crippen molar-refractivity contribution in [1.82, 2.24) is 4.72 Å². The van der Waals surface area contributed by atoms with E-state index < -0.39 is 15.8 Å². The second-order valence-corrected chi connectivity index (χ2v) is 6.85. The first-order valence-electron chi connectivity index (χ1n) is 6.11. The zero-order valence-corrected chi connectivity index (χ0v) is 11.8. The van der Waals surface area contributed by atoms with Gasteiger partial charge in [0.2, 0.25) is 10.0 Å². The minimum atomic E-state index is -3.87. The molecule has 2 unspecified atom stereocenters. The Labute approximate surface area is 117 Å². The maximum absolute atomic E-state index is 13.7. The van der Waals surface area contributed by atoms with Crippen molar-refractivity contribution in [2.24, 2.45) is 11.7 Å². The lowest BCUT2D eigenvalue weighted by Gasteiger charge is -2.19. The van der Waals surface area contributed by atoms with Crippen LogP contribution in [0.25, 0.3) is 0 Å². The lowest BCUT2D eigenvalue weighted by atomic mass is 10.1. The summed E-state index contributed by atoms with van der Waals surface area (Å²) in [6.07, 6.45) is 2.56. The first-order chi connectivity index (χ1) is 8.94. The molecule has 1 aromatic carbocycles. The zero-order chi connectivity index (χ0) is 14.0. The predicted octanol–water partition coefficient (Wildman–Crippen LogP) is 1.88. The Bertz CT molecular complexity index is 565. The number of nitrogens with one attached hydrogen (secondary N) is 1. The molecule has 2 rings (SSSR count).